The van der Waals surface area contributed by atoms with Crippen LogP contribution >= 0.6 is 0 Å². The summed E-state index contributed by atoms with van der Waals surface area (Å²) in [6, 6.07) is 0. The third-order valence-electron chi connectivity index (χ3n) is 13.7. The van der Waals surface area contributed by atoms with Crippen molar-refractivity contribution in [1.82, 2.24) is 0 Å². The van der Waals surface area contributed by atoms with E-state index in [2.05, 4.69) is 53.3 Å². The van der Waals surface area contributed by atoms with Crippen LogP contribution < -0.4 is 0 Å². The van der Waals surface area contributed by atoms with Crippen molar-refractivity contribution in [2.24, 2.45) is 61.8 Å². The summed E-state index contributed by atoms with van der Waals surface area (Å²) in [6.45, 7) is 20.9. The molecular formula is C32H51NO3. The third kappa shape index (κ3) is 3.30. The van der Waals surface area contributed by atoms with E-state index in [-0.39, 0.29) is 33.7 Å². The van der Waals surface area contributed by atoms with Crippen molar-refractivity contribution in [2.45, 2.75) is 119 Å². The van der Waals surface area contributed by atoms with Crippen LogP contribution in [0.2, 0.25) is 0 Å². The maximum absolute atomic E-state index is 11.9. The minimum atomic E-state index is -0.133. The van der Waals surface area contributed by atoms with Crippen LogP contribution in [0, 0.1) is 56.7 Å². The lowest BCUT2D eigenvalue weighted by Crippen LogP contribution is -2.66. The lowest BCUT2D eigenvalue weighted by Gasteiger charge is -2.72. The number of hydrogen-bond acceptors (Lipinski definition) is 4. The van der Waals surface area contributed by atoms with E-state index >= 15 is 0 Å². The molecule has 202 valence electrons. The Morgan fingerprint density at radius 2 is 1.61 bits per heavy atom. The monoisotopic (exact) mass is 497 g/mol. The Labute approximate surface area is 219 Å². The van der Waals surface area contributed by atoms with Gasteiger partial charge in [-0.3, -0.25) is 4.79 Å². The molecule has 4 nitrogen and oxygen atoms in total. The van der Waals surface area contributed by atoms with Crippen molar-refractivity contribution in [3.05, 3.63) is 12.2 Å². The van der Waals surface area contributed by atoms with Crippen molar-refractivity contribution in [2.75, 3.05) is 0 Å². The zero-order chi connectivity index (χ0) is 26.3. The molecule has 0 aromatic carbocycles. The molecule has 0 unspecified atom stereocenters. The molecule has 0 spiro atoms. The van der Waals surface area contributed by atoms with Crippen molar-refractivity contribution in [1.29, 1.82) is 0 Å². The molecule has 1 N–H and O–H groups in total. The molecule has 10 atom stereocenters. The maximum Gasteiger partial charge on any atom is 0.302 e. The zero-order valence-electron chi connectivity index (χ0n) is 24.0. The Hall–Kier alpha value is -1.32. The Bertz CT molecular complexity index is 955. The molecule has 5 saturated carbocycles. The van der Waals surface area contributed by atoms with Gasteiger partial charge in [0.25, 0.3) is 0 Å². The molecule has 5 aliphatic carbocycles. The fourth-order valence-corrected chi connectivity index (χ4v) is 11.9. The topological polar surface area (TPSA) is 58.9 Å². The minimum Gasteiger partial charge on any atom is -0.462 e. The van der Waals surface area contributed by atoms with Gasteiger partial charge in [-0.25, -0.2) is 0 Å². The summed E-state index contributed by atoms with van der Waals surface area (Å²) in [7, 11) is 0. The van der Waals surface area contributed by atoms with Gasteiger partial charge in [-0.15, -0.1) is 5.16 Å². The van der Waals surface area contributed by atoms with Gasteiger partial charge in [0.05, 0.1) is 6.21 Å². The van der Waals surface area contributed by atoms with Crippen LogP contribution in [0.4, 0.5) is 0 Å². The second-order valence-corrected chi connectivity index (χ2v) is 15.1. The molecule has 0 saturated heterocycles. The number of allylic oxidation sites excluding steroid dienone is 1. The molecule has 0 amide bonds. The quantitative estimate of drug-likeness (QED) is 0.141. The Balaban J connectivity index is 1.52. The summed E-state index contributed by atoms with van der Waals surface area (Å²) in [5.74, 6) is 2.89. The van der Waals surface area contributed by atoms with Gasteiger partial charge in [-0.2, -0.15) is 0 Å². The Morgan fingerprint density at radius 1 is 0.889 bits per heavy atom. The van der Waals surface area contributed by atoms with Crippen LogP contribution in [0.15, 0.2) is 17.3 Å². The van der Waals surface area contributed by atoms with E-state index in [0.717, 1.165) is 19.3 Å². The van der Waals surface area contributed by atoms with E-state index in [1.807, 2.05) is 6.21 Å². The van der Waals surface area contributed by atoms with Gasteiger partial charge in [0.1, 0.15) is 6.10 Å². The number of fused-ring (bicyclic) bond motifs is 7. The summed E-state index contributed by atoms with van der Waals surface area (Å²) < 4.78 is 5.90. The molecule has 0 aromatic heterocycles. The van der Waals surface area contributed by atoms with Gasteiger partial charge in [0, 0.05) is 17.8 Å². The summed E-state index contributed by atoms with van der Waals surface area (Å²) in [6.07, 6.45) is 13.9. The predicted octanol–water partition coefficient (Wildman–Crippen LogP) is 8.04. The molecule has 0 aliphatic heterocycles. The predicted molar refractivity (Wildman–Crippen MR) is 145 cm³/mol. The number of nitrogens with zero attached hydrogens (tertiary/aromatic N) is 1. The number of esters is 1. The highest BCUT2D eigenvalue weighted by atomic mass is 16.5. The van der Waals surface area contributed by atoms with Gasteiger partial charge < -0.3 is 9.94 Å². The lowest BCUT2D eigenvalue weighted by atomic mass is 9.32. The van der Waals surface area contributed by atoms with E-state index in [1.165, 1.54) is 50.5 Å². The maximum atomic E-state index is 11.9. The number of carbonyl (C=O) groups is 1. The lowest BCUT2D eigenvalue weighted by molar-refractivity contribution is -0.246. The fraction of sp³-hybridized carbons (Fsp3) is 0.875. The molecule has 0 heterocycles. The van der Waals surface area contributed by atoms with E-state index < -0.39 is 0 Å². The van der Waals surface area contributed by atoms with E-state index in [9.17, 15) is 10.0 Å². The van der Waals surface area contributed by atoms with E-state index in [4.69, 9.17) is 4.74 Å². The van der Waals surface area contributed by atoms with Crippen LogP contribution in [-0.2, 0) is 9.53 Å². The zero-order valence-corrected chi connectivity index (χ0v) is 24.0. The molecule has 0 aromatic rings. The van der Waals surface area contributed by atoms with Gasteiger partial charge in [0.2, 0.25) is 0 Å². The summed E-state index contributed by atoms with van der Waals surface area (Å²) in [4.78, 5) is 11.9. The SMILES string of the molecule is C=C(C)[C@@H]1CC[C@]2(/C=N\O)CC[C@]3(C)[C@H](CC[C@@H]4[C@@]5(C)CC[C@H](OC(C)=O)C(C)(C)[C@H]5CC[C@]43C)[C@@H]12. The van der Waals surface area contributed by atoms with Crippen LogP contribution in [-0.4, -0.2) is 23.5 Å². The highest BCUT2D eigenvalue weighted by Crippen LogP contribution is 2.77. The molecule has 5 rings (SSSR count). The first-order valence-corrected chi connectivity index (χ1v) is 14.8. The minimum absolute atomic E-state index is 0.00750. The largest absolute Gasteiger partial charge is 0.462 e. The van der Waals surface area contributed by atoms with E-state index in [0.29, 0.717) is 35.0 Å². The van der Waals surface area contributed by atoms with Gasteiger partial charge in [-0.05, 0) is 117 Å². The number of oxime groups is 1. The highest BCUT2D eigenvalue weighted by molar-refractivity contribution is 5.67. The smallest absolute Gasteiger partial charge is 0.302 e. The molecule has 5 aliphatic rings. The standard InChI is InChI=1S/C32H51NO3/c1-20(2)22-11-16-32(19-33-35)18-17-30(7)23(27(22)32)9-10-25-29(6)14-13-26(36-21(3)34)28(4,5)24(29)12-15-31(25,30)8/h19,22-27,35H,1,9-18H2,2-8H3/b33-19-/t22-,23+,24+,25+,26-,27+,29-,30+,31+,32+/m0/s1. The Morgan fingerprint density at radius 3 is 2.25 bits per heavy atom. The Kier molecular flexibility index (Phi) is 6.09. The second kappa shape index (κ2) is 8.34. The molecule has 0 bridgehead atoms. The normalized spacial score (nSPS) is 51.5. The molecule has 0 radical (unpaired) electrons. The highest BCUT2D eigenvalue weighted by Gasteiger charge is 2.71. The van der Waals surface area contributed by atoms with E-state index in [1.54, 1.807) is 6.92 Å². The molecule has 4 heteroatoms. The molecular weight excluding hydrogens is 446 g/mol. The van der Waals surface area contributed by atoms with Crippen LogP contribution in [0.3, 0.4) is 0 Å². The third-order valence-corrected chi connectivity index (χ3v) is 13.7. The first-order chi connectivity index (χ1) is 16.8. The first kappa shape index (κ1) is 26.3. The van der Waals surface area contributed by atoms with Crippen LogP contribution in [0.1, 0.15) is 113 Å². The number of carbonyl (C=O) groups excluding carboxylic acids is 1. The number of rotatable bonds is 3. The van der Waals surface area contributed by atoms with Crippen LogP contribution in [0.5, 0.6) is 0 Å². The number of ether oxygens (including phenoxy) is 1. The van der Waals surface area contributed by atoms with Gasteiger partial charge in [0.15, 0.2) is 0 Å². The second-order valence-electron chi connectivity index (χ2n) is 15.1. The van der Waals surface area contributed by atoms with Crippen molar-refractivity contribution >= 4 is 12.2 Å². The van der Waals surface area contributed by atoms with Crippen molar-refractivity contribution < 1.29 is 14.7 Å². The summed E-state index contributed by atoms with van der Waals surface area (Å²) in [5.41, 5.74) is 2.24. The average molecular weight is 498 g/mol. The van der Waals surface area contributed by atoms with Crippen molar-refractivity contribution in [3.63, 3.8) is 0 Å². The molecule has 5 fully saturated rings. The fourth-order valence-electron chi connectivity index (χ4n) is 11.9. The number of hydrogen-bond donors (Lipinski definition) is 1. The van der Waals surface area contributed by atoms with Crippen molar-refractivity contribution in [3.8, 4) is 0 Å². The van der Waals surface area contributed by atoms with Gasteiger partial charge >= 0.3 is 5.97 Å². The van der Waals surface area contributed by atoms with Crippen LogP contribution in [0.25, 0.3) is 0 Å². The van der Waals surface area contributed by atoms with Gasteiger partial charge in [-0.1, -0.05) is 46.8 Å². The average Bonchev–Trinajstić information content (AvgIpc) is 3.16. The molecule has 36 heavy (non-hydrogen) atoms. The summed E-state index contributed by atoms with van der Waals surface area (Å²) >= 11 is 0. The first-order valence-electron chi connectivity index (χ1n) is 14.8. The summed E-state index contributed by atoms with van der Waals surface area (Å²) in [5, 5.41) is 13.4.